The van der Waals surface area contributed by atoms with E-state index in [4.69, 9.17) is 9.47 Å². The molecule has 0 saturated carbocycles. The van der Waals surface area contributed by atoms with Gasteiger partial charge in [0.05, 0.1) is 19.5 Å². The van der Waals surface area contributed by atoms with Gasteiger partial charge in [0, 0.05) is 6.54 Å². The highest BCUT2D eigenvalue weighted by Crippen LogP contribution is 2.30. The van der Waals surface area contributed by atoms with Gasteiger partial charge in [-0.25, -0.2) is 15.0 Å². The molecule has 1 aliphatic rings. The van der Waals surface area contributed by atoms with Crippen molar-refractivity contribution in [1.82, 2.24) is 19.9 Å². The van der Waals surface area contributed by atoms with Crippen LogP contribution in [-0.4, -0.2) is 46.2 Å². The lowest BCUT2D eigenvalue weighted by atomic mass is 10.2. The maximum atomic E-state index is 6.02. The molecule has 3 heterocycles. The maximum absolute atomic E-state index is 6.02. The van der Waals surface area contributed by atoms with Crippen molar-refractivity contribution in [2.24, 2.45) is 0 Å². The van der Waals surface area contributed by atoms with E-state index in [-0.39, 0.29) is 6.04 Å². The number of fused-ring (bicyclic) bond motifs is 1. The minimum atomic E-state index is 0.260. The normalized spacial score (nSPS) is 17.4. The molecule has 7 heteroatoms. The fourth-order valence-corrected chi connectivity index (χ4v) is 3.18. The number of rotatable bonds is 5. The number of aromatic nitrogens is 4. The van der Waals surface area contributed by atoms with E-state index >= 15 is 0 Å². The quantitative estimate of drug-likeness (QED) is 0.776. The van der Waals surface area contributed by atoms with Crippen LogP contribution in [0.15, 0.2) is 36.9 Å². The first-order chi connectivity index (χ1) is 11.9. The van der Waals surface area contributed by atoms with Crippen LogP contribution in [0.25, 0.3) is 11.2 Å². The Morgan fingerprint density at radius 1 is 1.21 bits per heavy atom. The van der Waals surface area contributed by atoms with E-state index in [9.17, 15) is 0 Å². The summed E-state index contributed by atoms with van der Waals surface area (Å²) in [5, 5.41) is 0. The fourth-order valence-electron chi connectivity index (χ4n) is 3.18. The number of nitrogens with one attached hydrogen (secondary N) is 1. The molecule has 1 aliphatic heterocycles. The van der Waals surface area contributed by atoms with Crippen molar-refractivity contribution in [2.45, 2.75) is 18.9 Å². The highest BCUT2D eigenvalue weighted by Gasteiger charge is 2.28. The maximum Gasteiger partial charge on any atom is 0.182 e. The Balaban J connectivity index is 1.54. The van der Waals surface area contributed by atoms with Crippen LogP contribution < -0.4 is 14.4 Å². The Bertz CT molecular complexity index is 834. The molecule has 0 amide bonds. The van der Waals surface area contributed by atoms with Gasteiger partial charge in [-0.1, -0.05) is 12.1 Å². The second kappa shape index (κ2) is 6.35. The van der Waals surface area contributed by atoms with Crippen molar-refractivity contribution in [3.63, 3.8) is 0 Å². The van der Waals surface area contributed by atoms with Gasteiger partial charge in [-0.3, -0.25) is 0 Å². The number of H-pyrrole nitrogens is 1. The molecular formula is C17H19N5O2. The molecule has 24 heavy (non-hydrogen) atoms. The van der Waals surface area contributed by atoms with Crippen molar-refractivity contribution in [1.29, 1.82) is 0 Å². The van der Waals surface area contributed by atoms with Gasteiger partial charge in [0.1, 0.15) is 18.5 Å². The molecule has 0 spiro atoms. The SMILES string of the molecule is COc1ccccc1OCC1CCCN1c1ncnc2nc[nH]c12. The molecule has 0 bridgehead atoms. The number of aromatic amines is 1. The molecule has 1 fully saturated rings. The Morgan fingerprint density at radius 2 is 2.08 bits per heavy atom. The summed E-state index contributed by atoms with van der Waals surface area (Å²) >= 11 is 0. The zero-order valence-electron chi connectivity index (χ0n) is 13.5. The molecule has 124 valence electrons. The van der Waals surface area contributed by atoms with Crippen LogP contribution in [0.3, 0.4) is 0 Å². The number of benzene rings is 1. The van der Waals surface area contributed by atoms with E-state index in [1.165, 1.54) is 0 Å². The van der Waals surface area contributed by atoms with Crippen LogP contribution >= 0.6 is 0 Å². The molecular weight excluding hydrogens is 306 g/mol. The molecule has 0 radical (unpaired) electrons. The molecule has 1 atom stereocenters. The van der Waals surface area contributed by atoms with Gasteiger partial charge < -0.3 is 19.4 Å². The molecule has 0 aliphatic carbocycles. The molecule has 1 unspecified atom stereocenters. The summed E-state index contributed by atoms with van der Waals surface area (Å²) in [4.78, 5) is 18.3. The van der Waals surface area contributed by atoms with E-state index in [0.717, 1.165) is 42.2 Å². The Morgan fingerprint density at radius 3 is 2.96 bits per heavy atom. The van der Waals surface area contributed by atoms with Crippen LogP contribution in [0.1, 0.15) is 12.8 Å². The highest BCUT2D eigenvalue weighted by molar-refractivity contribution is 5.83. The number of para-hydroxylation sites is 2. The van der Waals surface area contributed by atoms with Crippen LogP contribution in [0.2, 0.25) is 0 Å². The largest absolute Gasteiger partial charge is 0.493 e. The molecule has 3 aromatic rings. The van der Waals surface area contributed by atoms with Crippen LogP contribution in [-0.2, 0) is 0 Å². The third-order valence-corrected chi connectivity index (χ3v) is 4.35. The number of imidazole rings is 1. The monoisotopic (exact) mass is 325 g/mol. The zero-order chi connectivity index (χ0) is 16.4. The van der Waals surface area contributed by atoms with Crippen molar-refractivity contribution < 1.29 is 9.47 Å². The van der Waals surface area contributed by atoms with Gasteiger partial charge in [-0.15, -0.1) is 0 Å². The van der Waals surface area contributed by atoms with E-state index in [1.807, 2.05) is 24.3 Å². The van der Waals surface area contributed by atoms with Crippen molar-refractivity contribution in [2.75, 3.05) is 25.2 Å². The second-order valence-corrected chi connectivity index (χ2v) is 5.75. The summed E-state index contributed by atoms with van der Waals surface area (Å²) in [5.41, 5.74) is 1.57. The minimum absolute atomic E-state index is 0.260. The average molecular weight is 325 g/mol. The van der Waals surface area contributed by atoms with E-state index in [1.54, 1.807) is 19.8 Å². The number of nitrogens with zero attached hydrogens (tertiary/aromatic N) is 4. The number of ether oxygens (including phenoxy) is 2. The summed E-state index contributed by atoms with van der Waals surface area (Å²) in [6.45, 7) is 1.53. The van der Waals surface area contributed by atoms with Crippen LogP contribution in [0, 0.1) is 0 Å². The number of methoxy groups -OCH3 is 1. The zero-order valence-corrected chi connectivity index (χ0v) is 13.5. The predicted molar refractivity (Wildman–Crippen MR) is 90.5 cm³/mol. The first kappa shape index (κ1) is 14.7. The topological polar surface area (TPSA) is 76.2 Å². The molecule has 1 N–H and O–H groups in total. The lowest BCUT2D eigenvalue weighted by Crippen LogP contribution is -2.35. The predicted octanol–water partition coefficient (Wildman–Crippen LogP) is 2.41. The summed E-state index contributed by atoms with van der Waals surface area (Å²) in [5.74, 6) is 2.41. The Kier molecular flexibility index (Phi) is 3.90. The van der Waals surface area contributed by atoms with Crippen molar-refractivity contribution in [3.8, 4) is 11.5 Å². The summed E-state index contributed by atoms with van der Waals surface area (Å²) in [6, 6.07) is 7.97. The van der Waals surface area contributed by atoms with E-state index in [2.05, 4.69) is 24.8 Å². The molecule has 4 rings (SSSR count). The van der Waals surface area contributed by atoms with Gasteiger partial charge in [0.15, 0.2) is 23.0 Å². The molecule has 1 aromatic carbocycles. The van der Waals surface area contributed by atoms with Gasteiger partial charge in [0.2, 0.25) is 0 Å². The van der Waals surface area contributed by atoms with E-state index < -0.39 is 0 Å². The highest BCUT2D eigenvalue weighted by atomic mass is 16.5. The average Bonchev–Trinajstić information content (AvgIpc) is 3.28. The Hall–Kier alpha value is -2.83. The van der Waals surface area contributed by atoms with Gasteiger partial charge in [0.25, 0.3) is 0 Å². The number of anilines is 1. The lowest BCUT2D eigenvalue weighted by molar-refractivity contribution is 0.271. The summed E-state index contributed by atoms with van der Waals surface area (Å²) in [6.07, 6.45) is 5.39. The van der Waals surface area contributed by atoms with Gasteiger partial charge in [-0.2, -0.15) is 0 Å². The van der Waals surface area contributed by atoms with Crippen LogP contribution in [0.4, 0.5) is 5.82 Å². The smallest absolute Gasteiger partial charge is 0.182 e. The standard InChI is InChI=1S/C17H19N5O2/c1-23-13-6-2-3-7-14(13)24-9-12-5-4-8-22(12)17-15-16(19-10-18-15)20-11-21-17/h2-3,6-7,10-12H,4-5,8-9H2,1H3,(H,18,19,20,21). The molecule has 7 nitrogen and oxygen atoms in total. The third-order valence-electron chi connectivity index (χ3n) is 4.35. The van der Waals surface area contributed by atoms with Gasteiger partial charge in [-0.05, 0) is 25.0 Å². The lowest BCUT2D eigenvalue weighted by Gasteiger charge is -2.26. The second-order valence-electron chi connectivity index (χ2n) is 5.75. The summed E-state index contributed by atoms with van der Waals surface area (Å²) < 4.78 is 11.4. The fraction of sp³-hybridized carbons (Fsp3) is 0.353. The molecule has 1 saturated heterocycles. The van der Waals surface area contributed by atoms with Crippen molar-refractivity contribution >= 4 is 17.0 Å². The Labute approximate surface area is 139 Å². The number of hydrogen-bond acceptors (Lipinski definition) is 6. The first-order valence-electron chi connectivity index (χ1n) is 8.03. The van der Waals surface area contributed by atoms with Gasteiger partial charge >= 0.3 is 0 Å². The molecule has 2 aromatic heterocycles. The van der Waals surface area contributed by atoms with Crippen molar-refractivity contribution in [3.05, 3.63) is 36.9 Å². The van der Waals surface area contributed by atoms with Crippen LogP contribution in [0.5, 0.6) is 11.5 Å². The van der Waals surface area contributed by atoms with E-state index in [0.29, 0.717) is 12.3 Å². The first-order valence-corrected chi connectivity index (χ1v) is 8.03. The third kappa shape index (κ3) is 2.62. The minimum Gasteiger partial charge on any atom is -0.493 e. The number of hydrogen-bond donors (Lipinski definition) is 1. The summed E-state index contributed by atoms with van der Waals surface area (Å²) in [7, 11) is 1.65.